The Kier molecular flexibility index (Phi) is 3.30. The van der Waals surface area contributed by atoms with Gasteiger partial charge in [-0.25, -0.2) is 0 Å². The molecule has 0 saturated heterocycles. The van der Waals surface area contributed by atoms with E-state index in [1.165, 1.54) is 44.4 Å². The van der Waals surface area contributed by atoms with Gasteiger partial charge >= 0.3 is 0 Å². The smallest absolute Gasteiger partial charge is 0.0632 e. The van der Waals surface area contributed by atoms with E-state index < -0.39 is 0 Å². The van der Waals surface area contributed by atoms with E-state index in [1.807, 2.05) is 0 Å². The summed E-state index contributed by atoms with van der Waals surface area (Å²) in [6.45, 7) is 2.15. The molecule has 136 valence electrons. The maximum absolute atomic E-state index is 3.90. The maximum Gasteiger partial charge on any atom is 0.0632 e. The summed E-state index contributed by atoms with van der Waals surface area (Å²) in [4.78, 5) is 0. The molecule has 2 nitrogen and oxygen atoms in total. The predicted molar refractivity (Wildman–Crippen MR) is 117 cm³/mol. The van der Waals surface area contributed by atoms with Gasteiger partial charge in [0, 0.05) is 22.9 Å². The van der Waals surface area contributed by atoms with Crippen LogP contribution in [0, 0.1) is 6.92 Å². The van der Waals surface area contributed by atoms with Crippen LogP contribution in [0.2, 0.25) is 0 Å². The van der Waals surface area contributed by atoms with Crippen molar-refractivity contribution < 1.29 is 0 Å². The van der Waals surface area contributed by atoms with Gasteiger partial charge in [0.25, 0.3) is 0 Å². The maximum atomic E-state index is 3.90. The molecule has 0 amide bonds. The lowest BCUT2D eigenvalue weighted by Crippen LogP contribution is -2.30. The summed E-state index contributed by atoms with van der Waals surface area (Å²) in [5.74, 6) is 0.359. The summed E-state index contributed by atoms with van der Waals surface area (Å²) < 4.78 is 0. The van der Waals surface area contributed by atoms with Crippen LogP contribution < -0.4 is 10.6 Å². The summed E-state index contributed by atoms with van der Waals surface area (Å²) in [6, 6.07) is 31.5. The second-order valence-electron chi connectivity index (χ2n) is 8.02. The van der Waals surface area contributed by atoms with Crippen LogP contribution in [-0.4, -0.2) is 0 Å². The van der Waals surface area contributed by atoms with E-state index in [4.69, 9.17) is 0 Å². The molecule has 6 rings (SSSR count). The van der Waals surface area contributed by atoms with Gasteiger partial charge in [0.05, 0.1) is 12.1 Å². The number of aryl methyl sites for hydroxylation is 1. The molecule has 0 saturated carbocycles. The Hall–Kier alpha value is -3.26. The third kappa shape index (κ3) is 2.21. The van der Waals surface area contributed by atoms with E-state index in [1.54, 1.807) is 0 Å². The Balaban J connectivity index is 1.60. The minimum atomic E-state index is 0.246. The largest absolute Gasteiger partial charge is 0.377 e. The Morgan fingerprint density at radius 1 is 0.643 bits per heavy atom. The molecule has 28 heavy (non-hydrogen) atoms. The van der Waals surface area contributed by atoms with Crippen LogP contribution in [0.3, 0.4) is 0 Å². The van der Waals surface area contributed by atoms with Crippen molar-refractivity contribution in [1.29, 1.82) is 0 Å². The van der Waals surface area contributed by atoms with Gasteiger partial charge in [0.15, 0.2) is 0 Å². The molecule has 0 fully saturated rings. The first-order valence-corrected chi connectivity index (χ1v) is 10.00. The molecule has 2 heterocycles. The lowest BCUT2D eigenvalue weighted by molar-refractivity contribution is 0.523. The number of nitrogens with one attached hydrogen (secondary N) is 2. The molecule has 0 radical (unpaired) electrons. The van der Waals surface area contributed by atoms with Gasteiger partial charge in [0.1, 0.15) is 0 Å². The fourth-order valence-electron chi connectivity index (χ4n) is 5.06. The molecule has 3 atom stereocenters. The van der Waals surface area contributed by atoms with Crippen LogP contribution in [0.4, 0.5) is 11.4 Å². The molecule has 0 aliphatic carbocycles. The number of anilines is 2. The fourth-order valence-corrected chi connectivity index (χ4v) is 5.06. The van der Waals surface area contributed by atoms with Crippen molar-refractivity contribution in [2.45, 2.75) is 24.9 Å². The molecule has 2 heteroatoms. The zero-order valence-electron chi connectivity index (χ0n) is 15.8. The highest BCUT2D eigenvalue weighted by Gasteiger charge is 2.44. The van der Waals surface area contributed by atoms with E-state index in [2.05, 4.69) is 102 Å². The molecule has 2 N–H and O–H groups in total. The van der Waals surface area contributed by atoms with Gasteiger partial charge in [-0.15, -0.1) is 0 Å². The van der Waals surface area contributed by atoms with E-state index >= 15 is 0 Å². The Bertz CT molecular complexity index is 1190. The zero-order valence-corrected chi connectivity index (χ0v) is 15.8. The zero-order chi connectivity index (χ0) is 18.7. The molecule has 2 aliphatic rings. The quantitative estimate of drug-likeness (QED) is 0.400. The number of para-hydroxylation sites is 1. The van der Waals surface area contributed by atoms with E-state index in [0.29, 0.717) is 5.92 Å². The van der Waals surface area contributed by atoms with Crippen LogP contribution in [-0.2, 0) is 0 Å². The predicted octanol–water partition coefficient (Wildman–Crippen LogP) is 6.57. The van der Waals surface area contributed by atoms with E-state index in [0.717, 1.165) is 0 Å². The number of hydrogen-bond acceptors (Lipinski definition) is 2. The van der Waals surface area contributed by atoms with Gasteiger partial charge in [-0.05, 0) is 41.0 Å². The summed E-state index contributed by atoms with van der Waals surface area (Å²) in [5.41, 5.74) is 7.94. The van der Waals surface area contributed by atoms with Crippen LogP contribution in [0.1, 0.15) is 40.3 Å². The van der Waals surface area contributed by atoms with Crippen molar-refractivity contribution in [1.82, 2.24) is 0 Å². The molecular weight excluding hydrogens is 340 g/mol. The van der Waals surface area contributed by atoms with E-state index in [-0.39, 0.29) is 12.1 Å². The van der Waals surface area contributed by atoms with Crippen molar-refractivity contribution >= 4 is 22.1 Å². The first kappa shape index (κ1) is 15.8. The molecule has 4 aromatic rings. The highest BCUT2D eigenvalue weighted by atomic mass is 15.1. The highest BCUT2D eigenvalue weighted by molar-refractivity contribution is 5.92. The van der Waals surface area contributed by atoms with Crippen LogP contribution >= 0.6 is 0 Å². The topological polar surface area (TPSA) is 24.1 Å². The fraction of sp³-hybridized carbons (Fsp3) is 0.154. The lowest BCUT2D eigenvalue weighted by Gasteiger charge is -2.38. The first-order valence-electron chi connectivity index (χ1n) is 10.00. The summed E-state index contributed by atoms with van der Waals surface area (Å²) in [6.07, 6.45) is 0. The van der Waals surface area contributed by atoms with Gasteiger partial charge in [-0.2, -0.15) is 0 Å². The van der Waals surface area contributed by atoms with Gasteiger partial charge < -0.3 is 10.6 Å². The third-order valence-electron chi connectivity index (χ3n) is 6.38. The minimum absolute atomic E-state index is 0.246. The van der Waals surface area contributed by atoms with Crippen molar-refractivity contribution in [3.8, 4) is 0 Å². The SMILES string of the molecule is Cc1ccc([C@H]2Nc3ccc4ccccc4c3[C@@H]3Nc4ccccc4[C@H]23)cc1. The number of fused-ring (bicyclic) bond motifs is 7. The summed E-state index contributed by atoms with van der Waals surface area (Å²) >= 11 is 0. The van der Waals surface area contributed by atoms with Crippen LogP contribution in [0.5, 0.6) is 0 Å². The molecule has 0 unspecified atom stereocenters. The second-order valence-corrected chi connectivity index (χ2v) is 8.02. The molecular formula is C26H22N2. The number of benzene rings is 4. The Labute approximate surface area is 165 Å². The number of rotatable bonds is 1. The van der Waals surface area contributed by atoms with Crippen LogP contribution in [0.15, 0.2) is 84.9 Å². The van der Waals surface area contributed by atoms with Crippen molar-refractivity contribution in [2.75, 3.05) is 10.6 Å². The van der Waals surface area contributed by atoms with Gasteiger partial charge in [-0.3, -0.25) is 0 Å². The third-order valence-corrected chi connectivity index (χ3v) is 6.38. The minimum Gasteiger partial charge on any atom is -0.377 e. The average molecular weight is 362 g/mol. The van der Waals surface area contributed by atoms with Gasteiger partial charge in [-0.1, -0.05) is 78.4 Å². The van der Waals surface area contributed by atoms with Crippen molar-refractivity contribution in [3.63, 3.8) is 0 Å². The summed E-state index contributed by atoms with van der Waals surface area (Å²) in [7, 11) is 0. The number of hydrogen-bond donors (Lipinski definition) is 2. The van der Waals surface area contributed by atoms with E-state index in [9.17, 15) is 0 Å². The average Bonchev–Trinajstić information content (AvgIpc) is 3.13. The van der Waals surface area contributed by atoms with Gasteiger partial charge in [0.2, 0.25) is 0 Å². The second kappa shape index (κ2) is 5.87. The van der Waals surface area contributed by atoms with Crippen LogP contribution in [0.25, 0.3) is 10.8 Å². The summed E-state index contributed by atoms with van der Waals surface area (Å²) in [5, 5.41) is 10.4. The standard InChI is InChI=1S/C26H22N2/c1-16-10-12-18(13-11-16)25-24-20-8-4-5-9-21(20)27-26(24)23-19-7-3-2-6-17(19)14-15-22(23)28-25/h2-15,24-28H,1H3/t24-,25-,26+/m1/s1. The molecule has 0 aromatic heterocycles. The Morgan fingerprint density at radius 2 is 1.39 bits per heavy atom. The molecule has 2 aliphatic heterocycles. The molecule has 0 spiro atoms. The first-order chi connectivity index (χ1) is 13.8. The Morgan fingerprint density at radius 3 is 2.29 bits per heavy atom. The lowest BCUT2D eigenvalue weighted by atomic mass is 9.77. The normalized spacial score (nSPS) is 22.0. The highest BCUT2D eigenvalue weighted by Crippen LogP contribution is 2.56. The molecule has 4 aromatic carbocycles. The monoisotopic (exact) mass is 362 g/mol. The van der Waals surface area contributed by atoms with Crippen molar-refractivity contribution in [3.05, 3.63) is 107 Å². The van der Waals surface area contributed by atoms with Crippen molar-refractivity contribution in [2.24, 2.45) is 0 Å². The molecule has 0 bridgehead atoms.